The summed E-state index contributed by atoms with van der Waals surface area (Å²) in [6.07, 6.45) is 7.97. The highest BCUT2D eigenvalue weighted by molar-refractivity contribution is 5.86. The summed E-state index contributed by atoms with van der Waals surface area (Å²) in [6.45, 7) is 5.85. The van der Waals surface area contributed by atoms with Crippen LogP contribution in [0.4, 0.5) is 0 Å². The number of Topliss-reactive ketones (excluding diaryl/α,β-unsaturated/α-hetero) is 1. The first kappa shape index (κ1) is 12.6. The second-order valence-corrected chi connectivity index (χ2v) is 5.39. The molecule has 2 fully saturated rings. The second-order valence-electron chi connectivity index (χ2n) is 5.39. The van der Waals surface area contributed by atoms with Crippen LogP contribution in [0.3, 0.4) is 0 Å². The van der Waals surface area contributed by atoms with Crippen LogP contribution in [0.1, 0.15) is 46.5 Å². The zero-order valence-corrected chi connectivity index (χ0v) is 10.8. The molecule has 3 nitrogen and oxygen atoms in total. The summed E-state index contributed by atoms with van der Waals surface area (Å²) in [7, 11) is 0. The van der Waals surface area contributed by atoms with Gasteiger partial charge in [-0.25, -0.2) is 0 Å². The SMILES string of the molecule is C#CCC1(C)C(=O)CCCC12OC(C)C(C)O2. The summed E-state index contributed by atoms with van der Waals surface area (Å²) in [5, 5.41) is 0. The molecule has 1 spiro atoms. The Bertz CT molecular complexity index is 358. The van der Waals surface area contributed by atoms with Crippen LogP contribution in [0.5, 0.6) is 0 Å². The molecule has 3 unspecified atom stereocenters. The maximum absolute atomic E-state index is 12.2. The standard InChI is InChI=1S/C14H20O3/c1-5-8-13(4)12(15)7-6-9-14(13)16-10(2)11(3)17-14/h1,10-11H,6-9H2,2-4H3. The highest BCUT2D eigenvalue weighted by atomic mass is 16.8. The van der Waals surface area contributed by atoms with E-state index in [0.717, 1.165) is 12.8 Å². The largest absolute Gasteiger partial charge is 0.343 e. The number of hydrogen-bond donors (Lipinski definition) is 0. The van der Waals surface area contributed by atoms with E-state index >= 15 is 0 Å². The van der Waals surface area contributed by atoms with Crippen molar-refractivity contribution in [1.29, 1.82) is 0 Å². The highest BCUT2D eigenvalue weighted by Crippen LogP contribution is 2.51. The molecule has 3 atom stereocenters. The molecule has 0 bridgehead atoms. The zero-order valence-electron chi connectivity index (χ0n) is 10.8. The smallest absolute Gasteiger partial charge is 0.182 e. The monoisotopic (exact) mass is 236 g/mol. The van der Waals surface area contributed by atoms with E-state index < -0.39 is 11.2 Å². The Morgan fingerprint density at radius 1 is 1.41 bits per heavy atom. The van der Waals surface area contributed by atoms with Crippen molar-refractivity contribution in [1.82, 2.24) is 0 Å². The molecule has 1 saturated carbocycles. The topological polar surface area (TPSA) is 35.5 Å². The van der Waals surface area contributed by atoms with E-state index in [1.807, 2.05) is 20.8 Å². The number of rotatable bonds is 1. The number of carbonyl (C=O) groups excluding carboxylic acids is 1. The molecule has 0 aromatic heterocycles. The molecule has 0 amide bonds. The molecule has 0 aromatic carbocycles. The first-order chi connectivity index (χ1) is 7.95. The first-order valence-electron chi connectivity index (χ1n) is 6.27. The van der Waals surface area contributed by atoms with Gasteiger partial charge < -0.3 is 9.47 Å². The lowest BCUT2D eigenvalue weighted by molar-refractivity contribution is -0.250. The summed E-state index contributed by atoms with van der Waals surface area (Å²) in [5.74, 6) is 1.98. The van der Waals surface area contributed by atoms with Crippen LogP contribution in [-0.4, -0.2) is 23.8 Å². The van der Waals surface area contributed by atoms with Crippen LogP contribution < -0.4 is 0 Å². The molecule has 1 saturated heterocycles. The van der Waals surface area contributed by atoms with Gasteiger partial charge in [-0.3, -0.25) is 4.79 Å². The van der Waals surface area contributed by atoms with Crippen molar-refractivity contribution in [2.75, 3.05) is 0 Å². The molecule has 1 heterocycles. The quantitative estimate of drug-likeness (QED) is 0.655. The molecular weight excluding hydrogens is 216 g/mol. The van der Waals surface area contributed by atoms with Crippen molar-refractivity contribution in [3.05, 3.63) is 0 Å². The van der Waals surface area contributed by atoms with Gasteiger partial charge in [-0.1, -0.05) is 0 Å². The third kappa shape index (κ3) is 1.71. The lowest BCUT2D eigenvalue weighted by Crippen LogP contribution is -2.55. The Balaban J connectivity index is 2.37. The zero-order chi connectivity index (χ0) is 12.7. The normalized spacial score (nSPS) is 46.1. The molecule has 3 heteroatoms. The summed E-state index contributed by atoms with van der Waals surface area (Å²) >= 11 is 0. The molecule has 2 rings (SSSR count). The fourth-order valence-corrected chi connectivity index (χ4v) is 2.88. The summed E-state index contributed by atoms with van der Waals surface area (Å²) in [6, 6.07) is 0. The molecule has 94 valence electrons. The van der Waals surface area contributed by atoms with E-state index in [9.17, 15) is 4.79 Å². The maximum Gasteiger partial charge on any atom is 0.182 e. The predicted octanol–water partition coefficient (Wildman–Crippen LogP) is 2.29. The third-order valence-electron chi connectivity index (χ3n) is 4.24. The van der Waals surface area contributed by atoms with Gasteiger partial charge in [-0.2, -0.15) is 0 Å². The van der Waals surface area contributed by atoms with Crippen LogP contribution in [0.15, 0.2) is 0 Å². The Hall–Kier alpha value is -0.850. The molecule has 17 heavy (non-hydrogen) atoms. The average molecular weight is 236 g/mol. The number of carbonyl (C=O) groups is 1. The number of ether oxygens (including phenoxy) is 2. The van der Waals surface area contributed by atoms with Gasteiger partial charge in [0.2, 0.25) is 0 Å². The van der Waals surface area contributed by atoms with Crippen molar-refractivity contribution in [2.24, 2.45) is 5.41 Å². The fraction of sp³-hybridized carbons (Fsp3) is 0.786. The molecule has 0 aromatic rings. The average Bonchev–Trinajstić information content (AvgIpc) is 2.54. The van der Waals surface area contributed by atoms with Crippen molar-refractivity contribution < 1.29 is 14.3 Å². The van der Waals surface area contributed by atoms with E-state index in [0.29, 0.717) is 12.8 Å². The number of hydrogen-bond acceptors (Lipinski definition) is 3. The fourth-order valence-electron chi connectivity index (χ4n) is 2.88. The minimum Gasteiger partial charge on any atom is -0.343 e. The van der Waals surface area contributed by atoms with Gasteiger partial charge in [-0.05, 0) is 27.2 Å². The van der Waals surface area contributed by atoms with Crippen molar-refractivity contribution >= 4 is 5.78 Å². The van der Waals surface area contributed by atoms with Gasteiger partial charge in [-0.15, -0.1) is 12.3 Å². The lowest BCUT2D eigenvalue weighted by Gasteiger charge is -2.46. The Morgan fingerprint density at radius 2 is 2.00 bits per heavy atom. The van der Waals surface area contributed by atoms with Gasteiger partial charge >= 0.3 is 0 Å². The Labute approximate surface area is 103 Å². The molecule has 0 N–H and O–H groups in total. The minimum atomic E-state index is -0.798. The lowest BCUT2D eigenvalue weighted by atomic mass is 9.67. The minimum absolute atomic E-state index is 0.0120. The van der Waals surface area contributed by atoms with Crippen molar-refractivity contribution in [3.63, 3.8) is 0 Å². The van der Waals surface area contributed by atoms with E-state index in [1.165, 1.54) is 0 Å². The highest BCUT2D eigenvalue weighted by Gasteiger charge is 2.61. The van der Waals surface area contributed by atoms with Gasteiger partial charge in [0.05, 0.1) is 17.6 Å². The third-order valence-corrected chi connectivity index (χ3v) is 4.24. The molecule has 1 aliphatic heterocycles. The Kier molecular flexibility index (Phi) is 3.05. The van der Waals surface area contributed by atoms with Gasteiger partial charge in [0.25, 0.3) is 0 Å². The van der Waals surface area contributed by atoms with Gasteiger partial charge in [0.15, 0.2) is 5.79 Å². The van der Waals surface area contributed by atoms with Crippen LogP contribution in [0.2, 0.25) is 0 Å². The van der Waals surface area contributed by atoms with E-state index in [1.54, 1.807) is 0 Å². The maximum atomic E-state index is 12.2. The number of ketones is 1. The van der Waals surface area contributed by atoms with Crippen LogP contribution in [0.25, 0.3) is 0 Å². The van der Waals surface area contributed by atoms with E-state index in [4.69, 9.17) is 15.9 Å². The van der Waals surface area contributed by atoms with E-state index in [2.05, 4.69) is 5.92 Å². The molecule has 1 aliphatic carbocycles. The number of terminal acetylenes is 1. The van der Waals surface area contributed by atoms with Crippen LogP contribution >= 0.6 is 0 Å². The summed E-state index contributed by atoms with van der Waals surface area (Å²) in [4.78, 5) is 12.2. The Morgan fingerprint density at radius 3 is 2.53 bits per heavy atom. The second kappa shape index (κ2) is 4.12. The van der Waals surface area contributed by atoms with Crippen LogP contribution in [0, 0.1) is 17.8 Å². The van der Waals surface area contributed by atoms with Crippen LogP contribution in [-0.2, 0) is 14.3 Å². The molecular formula is C14H20O3. The van der Waals surface area contributed by atoms with E-state index in [-0.39, 0.29) is 18.0 Å². The molecule has 2 aliphatic rings. The van der Waals surface area contributed by atoms with Crippen molar-refractivity contribution in [2.45, 2.75) is 64.4 Å². The predicted molar refractivity (Wildman–Crippen MR) is 64.2 cm³/mol. The summed E-state index contributed by atoms with van der Waals surface area (Å²) in [5.41, 5.74) is -0.695. The molecule has 0 radical (unpaired) electrons. The summed E-state index contributed by atoms with van der Waals surface area (Å²) < 4.78 is 12.0. The van der Waals surface area contributed by atoms with Crippen molar-refractivity contribution in [3.8, 4) is 12.3 Å². The van der Waals surface area contributed by atoms with Gasteiger partial charge in [0.1, 0.15) is 5.78 Å². The first-order valence-corrected chi connectivity index (χ1v) is 6.27. The van der Waals surface area contributed by atoms with Gasteiger partial charge in [0, 0.05) is 19.3 Å².